The average Bonchev–Trinajstić information content (AvgIpc) is 2.35. The van der Waals surface area contributed by atoms with Gasteiger partial charge in [-0.3, -0.25) is 0 Å². The molecular weight excluding hydrogens is 220 g/mol. The van der Waals surface area contributed by atoms with E-state index in [0.717, 1.165) is 0 Å². The molecule has 0 spiro atoms. The van der Waals surface area contributed by atoms with Crippen molar-refractivity contribution < 1.29 is 14.6 Å². The molecule has 0 aromatic heterocycles. The maximum absolute atomic E-state index is 11.6. The second-order valence-electron chi connectivity index (χ2n) is 3.54. The molecule has 0 atom stereocenters. The Bertz CT molecular complexity index is 393. The molecule has 1 aromatic carbocycles. The lowest BCUT2D eigenvalue weighted by Crippen LogP contribution is -2.29. The highest BCUT2D eigenvalue weighted by Crippen LogP contribution is 2.28. The quantitative estimate of drug-likeness (QED) is 0.588. The van der Waals surface area contributed by atoms with Crippen LogP contribution in [0.3, 0.4) is 0 Å². The van der Waals surface area contributed by atoms with Gasteiger partial charge in [-0.15, -0.1) is 0 Å². The minimum absolute atomic E-state index is 0.00276. The maximum Gasteiger partial charge on any atom is 0.340 e. The molecule has 0 unspecified atom stereocenters. The van der Waals surface area contributed by atoms with Crippen LogP contribution in [0, 0.1) is 0 Å². The van der Waals surface area contributed by atoms with Gasteiger partial charge in [0.2, 0.25) is 0 Å². The Morgan fingerprint density at radius 1 is 1.53 bits per heavy atom. The van der Waals surface area contributed by atoms with E-state index >= 15 is 0 Å². The van der Waals surface area contributed by atoms with Crippen molar-refractivity contribution in [2.75, 3.05) is 37.4 Å². The number of aliphatic hydroxyl groups excluding tert-OH is 1. The van der Waals surface area contributed by atoms with Crippen molar-refractivity contribution in [2.45, 2.75) is 6.92 Å². The largest absolute Gasteiger partial charge is 0.465 e. The number of para-hydroxylation sites is 1. The second kappa shape index (κ2) is 6.10. The van der Waals surface area contributed by atoms with Crippen molar-refractivity contribution in [1.82, 2.24) is 0 Å². The fraction of sp³-hybridized carbons (Fsp3) is 0.417. The number of aliphatic hydroxyl groups is 1. The lowest BCUT2D eigenvalue weighted by Gasteiger charge is -2.25. The maximum atomic E-state index is 11.6. The minimum atomic E-state index is -0.427. The van der Waals surface area contributed by atoms with Crippen LogP contribution in [-0.2, 0) is 4.74 Å². The second-order valence-corrected chi connectivity index (χ2v) is 3.54. The smallest absolute Gasteiger partial charge is 0.340 e. The van der Waals surface area contributed by atoms with Crippen LogP contribution in [-0.4, -0.2) is 37.9 Å². The summed E-state index contributed by atoms with van der Waals surface area (Å²) in [5.74, 6) is -0.427. The van der Waals surface area contributed by atoms with Gasteiger partial charge in [0, 0.05) is 13.1 Å². The van der Waals surface area contributed by atoms with E-state index in [-0.39, 0.29) is 6.61 Å². The SMILES string of the molecule is CCN(CCO)c1c(N)cccc1C(=O)OC. The van der Waals surface area contributed by atoms with E-state index in [1.165, 1.54) is 7.11 Å². The number of anilines is 2. The first-order valence-corrected chi connectivity index (χ1v) is 5.48. The van der Waals surface area contributed by atoms with Gasteiger partial charge in [-0.25, -0.2) is 4.79 Å². The number of carbonyl (C=O) groups is 1. The Balaban J connectivity index is 3.22. The summed E-state index contributed by atoms with van der Waals surface area (Å²) in [6.07, 6.45) is 0. The summed E-state index contributed by atoms with van der Waals surface area (Å²) >= 11 is 0. The predicted octanol–water partition coefficient (Wildman–Crippen LogP) is 0.874. The zero-order chi connectivity index (χ0) is 12.8. The molecule has 0 saturated carbocycles. The third-order valence-electron chi connectivity index (χ3n) is 2.54. The van der Waals surface area contributed by atoms with E-state index < -0.39 is 5.97 Å². The van der Waals surface area contributed by atoms with Gasteiger partial charge in [0.05, 0.1) is 30.7 Å². The van der Waals surface area contributed by atoms with E-state index in [9.17, 15) is 4.79 Å². The molecule has 0 fully saturated rings. The summed E-state index contributed by atoms with van der Waals surface area (Å²) < 4.78 is 4.72. The molecule has 94 valence electrons. The molecule has 0 aliphatic carbocycles. The standard InChI is InChI=1S/C12H18N2O3/c1-3-14(7-8-15)11-9(12(16)17-2)5-4-6-10(11)13/h4-6,15H,3,7-8,13H2,1-2H3. The van der Waals surface area contributed by atoms with Crippen LogP contribution in [0.5, 0.6) is 0 Å². The number of hydrogen-bond donors (Lipinski definition) is 2. The number of carbonyl (C=O) groups excluding carboxylic acids is 1. The predicted molar refractivity (Wildman–Crippen MR) is 67.2 cm³/mol. The number of ether oxygens (including phenoxy) is 1. The Labute approximate surface area is 101 Å². The molecule has 5 heteroatoms. The van der Waals surface area contributed by atoms with E-state index in [1.807, 2.05) is 11.8 Å². The molecule has 3 N–H and O–H groups in total. The third kappa shape index (κ3) is 2.88. The fourth-order valence-electron chi connectivity index (χ4n) is 1.74. The summed E-state index contributed by atoms with van der Waals surface area (Å²) in [6.45, 7) is 3.01. The molecule has 1 aromatic rings. The zero-order valence-corrected chi connectivity index (χ0v) is 10.1. The van der Waals surface area contributed by atoms with Crippen molar-refractivity contribution >= 4 is 17.3 Å². The lowest BCUT2D eigenvalue weighted by atomic mass is 10.1. The minimum Gasteiger partial charge on any atom is -0.465 e. The number of hydrogen-bond acceptors (Lipinski definition) is 5. The molecule has 0 radical (unpaired) electrons. The summed E-state index contributed by atoms with van der Waals surface area (Å²) in [5, 5.41) is 9.01. The van der Waals surface area contributed by atoms with E-state index in [4.69, 9.17) is 15.6 Å². The molecule has 5 nitrogen and oxygen atoms in total. The number of methoxy groups -OCH3 is 1. The van der Waals surface area contributed by atoms with Gasteiger partial charge in [-0.05, 0) is 19.1 Å². The lowest BCUT2D eigenvalue weighted by molar-refractivity contribution is 0.0601. The third-order valence-corrected chi connectivity index (χ3v) is 2.54. The van der Waals surface area contributed by atoms with Crippen LogP contribution in [0.2, 0.25) is 0 Å². The van der Waals surface area contributed by atoms with Crippen molar-refractivity contribution in [1.29, 1.82) is 0 Å². The number of esters is 1. The van der Waals surface area contributed by atoms with Gasteiger partial charge in [-0.1, -0.05) is 6.07 Å². The zero-order valence-electron chi connectivity index (χ0n) is 10.1. The van der Waals surface area contributed by atoms with Crippen LogP contribution in [0.25, 0.3) is 0 Å². The van der Waals surface area contributed by atoms with Gasteiger partial charge < -0.3 is 20.5 Å². The summed E-state index contributed by atoms with van der Waals surface area (Å²) in [7, 11) is 1.33. The van der Waals surface area contributed by atoms with E-state index in [0.29, 0.717) is 30.0 Å². The van der Waals surface area contributed by atoms with Gasteiger partial charge in [0.1, 0.15) is 0 Å². The van der Waals surface area contributed by atoms with Crippen molar-refractivity contribution in [2.24, 2.45) is 0 Å². The van der Waals surface area contributed by atoms with Crippen LogP contribution in [0.4, 0.5) is 11.4 Å². The van der Waals surface area contributed by atoms with Crippen LogP contribution in [0.15, 0.2) is 18.2 Å². The molecule has 17 heavy (non-hydrogen) atoms. The summed E-state index contributed by atoms with van der Waals surface area (Å²) in [5.41, 5.74) is 7.43. The number of likely N-dealkylation sites (N-methyl/N-ethyl adjacent to an activating group) is 1. The van der Waals surface area contributed by atoms with Gasteiger partial charge in [0.25, 0.3) is 0 Å². The van der Waals surface area contributed by atoms with Crippen molar-refractivity contribution in [3.8, 4) is 0 Å². The van der Waals surface area contributed by atoms with Crippen molar-refractivity contribution in [3.63, 3.8) is 0 Å². The highest BCUT2D eigenvalue weighted by atomic mass is 16.5. The number of rotatable bonds is 5. The van der Waals surface area contributed by atoms with Gasteiger partial charge in [0.15, 0.2) is 0 Å². The van der Waals surface area contributed by atoms with Gasteiger partial charge in [-0.2, -0.15) is 0 Å². The molecule has 0 amide bonds. The Kier molecular flexibility index (Phi) is 4.78. The number of benzene rings is 1. The fourth-order valence-corrected chi connectivity index (χ4v) is 1.74. The van der Waals surface area contributed by atoms with Crippen LogP contribution < -0.4 is 10.6 Å². The first-order chi connectivity index (χ1) is 8.15. The number of nitrogens with zero attached hydrogens (tertiary/aromatic N) is 1. The highest BCUT2D eigenvalue weighted by molar-refractivity contribution is 5.99. The molecule has 0 saturated heterocycles. The molecule has 0 heterocycles. The van der Waals surface area contributed by atoms with E-state index in [2.05, 4.69) is 0 Å². The Morgan fingerprint density at radius 2 is 2.24 bits per heavy atom. The summed E-state index contributed by atoms with van der Waals surface area (Å²) in [6, 6.07) is 5.09. The molecule has 0 bridgehead atoms. The van der Waals surface area contributed by atoms with Crippen LogP contribution >= 0.6 is 0 Å². The molecule has 1 rings (SSSR count). The van der Waals surface area contributed by atoms with E-state index in [1.54, 1.807) is 18.2 Å². The average molecular weight is 238 g/mol. The first kappa shape index (κ1) is 13.3. The number of nitrogens with two attached hydrogens (primary N) is 1. The summed E-state index contributed by atoms with van der Waals surface area (Å²) in [4.78, 5) is 13.5. The number of nitrogen functional groups attached to an aromatic ring is 1. The monoisotopic (exact) mass is 238 g/mol. The topological polar surface area (TPSA) is 75.8 Å². The molecular formula is C12H18N2O3. The van der Waals surface area contributed by atoms with Crippen molar-refractivity contribution in [3.05, 3.63) is 23.8 Å². The Hall–Kier alpha value is -1.75. The Morgan fingerprint density at radius 3 is 2.76 bits per heavy atom. The highest BCUT2D eigenvalue weighted by Gasteiger charge is 2.18. The normalized spacial score (nSPS) is 10.1. The van der Waals surface area contributed by atoms with Gasteiger partial charge >= 0.3 is 5.97 Å². The van der Waals surface area contributed by atoms with Crippen LogP contribution in [0.1, 0.15) is 17.3 Å². The first-order valence-electron chi connectivity index (χ1n) is 5.48. The molecule has 0 aliphatic rings. The molecule has 0 aliphatic heterocycles.